The zero-order chi connectivity index (χ0) is 13.2. The molecular weight excluding hydrogens is 240 g/mol. The first-order valence-corrected chi connectivity index (χ1v) is 6.28. The summed E-state index contributed by atoms with van der Waals surface area (Å²) >= 11 is 0. The SMILES string of the molecule is COc1ccc2c(c1)OC(c1cccnc1)C[C@@H]2N. The van der Waals surface area contributed by atoms with E-state index in [1.165, 1.54) is 0 Å². The molecule has 0 saturated heterocycles. The minimum atomic E-state index is -0.0525. The number of rotatable bonds is 2. The average Bonchev–Trinajstić information content (AvgIpc) is 2.47. The molecule has 0 fully saturated rings. The second kappa shape index (κ2) is 4.90. The first-order valence-electron chi connectivity index (χ1n) is 6.28. The molecule has 0 spiro atoms. The predicted molar refractivity (Wildman–Crippen MR) is 72.1 cm³/mol. The molecule has 1 aromatic heterocycles. The van der Waals surface area contributed by atoms with Gasteiger partial charge in [0.2, 0.25) is 0 Å². The lowest BCUT2D eigenvalue weighted by atomic mass is 9.94. The van der Waals surface area contributed by atoms with Crippen molar-refractivity contribution >= 4 is 0 Å². The van der Waals surface area contributed by atoms with E-state index in [-0.39, 0.29) is 12.1 Å². The molecule has 2 aromatic rings. The Kier molecular flexibility index (Phi) is 3.09. The number of ether oxygens (including phenoxy) is 2. The summed E-state index contributed by atoms with van der Waals surface area (Å²) in [6.45, 7) is 0. The Morgan fingerprint density at radius 2 is 2.26 bits per heavy atom. The molecule has 4 heteroatoms. The minimum Gasteiger partial charge on any atom is -0.497 e. The number of fused-ring (bicyclic) bond motifs is 1. The molecule has 0 bridgehead atoms. The quantitative estimate of drug-likeness (QED) is 0.897. The van der Waals surface area contributed by atoms with Crippen molar-refractivity contribution < 1.29 is 9.47 Å². The van der Waals surface area contributed by atoms with Gasteiger partial charge in [0, 0.05) is 42.0 Å². The Morgan fingerprint density at radius 3 is 3.00 bits per heavy atom. The second-order valence-corrected chi connectivity index (χ2v) is 4.64. The van der Waals surface area contributed by atoms with Crippen LogP contribution in [0.2, 0.25) is 0 Å². The van der Waals surface area contributed by atoms with Crippen molar-refractivity contribution in [3.05, 3.63) is 53.9 Å². The van der Waals surface area contributed by atoms with Gasteiger partial charge in [0.05, 0.1) is 7.11 Å². The molecule has 3 rings (SSSR count). The van der Waals surface area contributed by atoms with E-state index in [0.717, 1.165) is 29.0 Å². The van der Waals surface area contributed by atoms with Crippen LogP contribution in [0.1, 0.15) is 29.7 Å². The highest BCUT2D eigenvalue weighted by atomic mass is 16.5. The van der Waals surface area contributed by atoms with Crippen molar-refractivity contribution in [3.8, 4) is 11.5 Å². The van der Waals surface area contributed by atoms with E-state index >= 15 is 0 Å². The first kappa shape index (κ1) is 12.0. The molecule has 1 unspecified atom stereocenters. The number of nitrogens with two attached hydrogens (primary N) is 1. The zero-order valence-corrected chi connectivity index (χ0v) is 10.7. The van der Waals surface area contributed by atoms with Crippen LogP contribution in [0.3, 0.4) is 0 Å². The molecule has 4 nitrogen and oxygen atoms in total. The first-order chi connectivity index (χ1) is 9.28. The van der Waals surface area contributed by atoms with Gasteiger partial charge in [0.15, 0.2) is 0 Å². The van der Waals surface area contributed by atoms with E-state index in [2.05, 4.69) is 4.98 Å². The van der Waals surface area contributed by atoms with Gasteiger partial charge in [-0.1, -0.05) is 12.1 Å². The van der Waals surface area contributed by atoms with Crippen LogP contribution in [0.4, 0.5) is 0 Å². The van der Waals surface area contributed by atoms with Crippen LogP contribution in [0, 0.1) is 0 Å². The number of hydrogen-bond acceptors (Lipinski definition) is 4. The fourth-order valence-electron chi connectivity index (χ4n) is 2.38. The molecule has 1 aliphatic rings. The van der Waals surface area contributed by atoms with Gasteiger partial charge in [-0.25, -0.2) is 0 Å². The third-order valence-corrected chi connectivity index (χ3v) is 3.41. The summed E-state index contributed by atoms with van der Waals surface area (Å²) in [4.78, 5) is 4.13. The second-order valence-electron chi connectivity index (χ2n) is 4.64. The third-order valence-electron chi connectivity index (χ3n) is 3.41. The van der Waals surface area contributed by atoms with Crippen molar-refractivity contribution in [1.29, 1.82) is 0 Å². The molecule has 0 amide bonds. The van der Waals surface area contributed by atoms with E-state index in [4.69, 9.17) is 15.2 Å². The van der Waals surface area contributed by atoms with Crippen LogP contribution in [0.15, 0.2) is 42.7 Å². The Labute approximate surface area is 112 Å². The summed E-state index contributed by atoms with van der Waals surface area (Å²) in [5.41, 5.74) is 8.30. The van der Waals surface area contributed by atoms with Crippen LogP contribution in [-0.2, 0) is 0 Å². The molecule has 2 N–H and O–H groups in total. The lowest BCUT2D eigenvalue weighted by Crippen LogP contribution is -2.24. The Morgan fingerprint density at radius 1 is 1.37 bits per heavy atom. The van der Waals surface area contributed by atoms with Gasteiger partial charge >= 0.3 is 0 Å². The Bertz CT molecular complexity index is 572. The topological polar surface area (TPSA) is 57.4 Å². The third kappa shape index (κ3) is 2.27. The van der Waals surface area contributed by atoms with Crippen molar-refractivity contribution in [2.75, 3.05) is 7.11 Å². The van der Waals surface area contributed by atoms with Crippen LogP contribution in [-0.4, -0.2) is 12.1 Å². The maximum absolute atomic E-state index is 6.22. The Hall–Kier alpha value is -2.07. The summed E-state index contributed by atoms with van der Waals surface area (Å²) in [6.07, 6.45) is 4.28. The number of aromatic nitrogens is 1. The minimum absolute atomic E-state index is 0.0279. The molecule has 98 valence electrons. The fraction of sp³-hybridized carbons (Fsp3) is 0.267. The van der Waals surface area contributed by atoms with E-state index < -0.39 is 0 Å². The van der Waals surface area contributed by atoms with Crippen molar-refractivity contribution in [1.82, 2.24) is 4.98 Å². The van der Waals surface area contributed by atoms with Crippen LogP contribution in [0.5, 0.6) is 11.5 Å². The summed E-state index contributed by atoms with van der Waals surface area (Å²) in [7, 11) is 1.64. The highest BCUT2D eigenvalue weighted by Crippen LogP contribution is 2.40. The molecule has 1 aromatic carbocycles. The molecule has 0 radical (unpaired) electrons. The molecule has 2 atom stereocenters. The predicted octanol–water partition coefficient (Wildman–Crippen LogP) is 2.61. The molecule has 0 saturated carbocycles. The standard InChI is InChI=1S/C15H16N2O2/c1-18-11-4-5-12-13(16)8-14(19-15(12)7-11)10-3-2-6-17-9-10/h2-7,9,13-14H,8,16H2,1H3/t13-,14?/m0/s1. The molecular formula is C15H16N2O2. The summed E-state index contributed by atoms with van der Waals surface area (Å²) in [5.74, 6) is 1.57. The number of nitrogens with zero attached hydrogens (tertiary/aromatic N) is 1. The molecule has 1 aliphatic heterocycles. The number of pyridine rings is 1. The summed E-state index contributed by atoms with van der Waals surface area (Å²) in [6, 6.07) is 9.66. The van der Waals surface area contributed by atoms with E-state index in [1.54, 1.807) is 13.3 Å². The average molecular weight is 256 g/mol. The van der Waals surface area contributed by atoms with Gasteiger partial charge in [-0.05, 0) is 12.1 Å². The normalized spacial score (nSPS) is 21.4. The maximum atomic E-state index is 6.22. The summed E-state index contributed by atoms with van der Waals surface area (Å²) in [5, 5.41) is 0. The lowest BCUT2D eigenvalue weighted by Gasteiger charge is -2.30. The van der Waals surface area contributed by atoms with E-state index in [1.807, 2.05) is 36.5 Å². The zero-order valence-electron chi connectivity index (χ0n) is 10.7. The summed E-state index contributed by atoms with van der Waals surface area (Å²) < 4.78 is 11.3. The van der Waals surface area contributed by atoms with Gasteiger partial charge in [-0.15, -0.1) is 0 Å². The lowest BCUT2D eigenvalue weighted by molar-refractivity contribution is 0.160. The van der Waals surface area contributed by atoms with Crippen LogP contribution >= 0.6 is 0 Å². The monoisotopic (exact) mass is 256 g/mol. The van der Waals surface area contributed by atoms with Gasteiger partial charge in [0.25, 0.3) is 0 Å². The molecule has 19 heavy (non-hydrogen) atoms. The number of methoxy groups -OCH3 is 1. The van der Waals surface area contributed by atoms with Crippen molar-refractivity contribution in [2.24, 2.45) is 5.73 Å². The molecule has 2 heterocycles. The van der Waals surface area contributed by atoms with Crippen LogP contribution < -0.4 is 15.2 Å². The van der Waals surface area contributed by atoms with Gasteiger partial charge in [-0.3, -0.25) is 4.98 Å². The highest BCUT2D eigenvalue weighted by molar-refractivity contribution is 5.44. The van der Waals surface area contributed by atoms with Gasteiger partial charge in [0.1, 0.15) is 17.6 Å². The van der Waals surface area contributed by atoms with Crippen LogP contribution in [0.25, 0.3) is 0 Å². The highest BCUT2D eigenvalue weighted by Gasteiger charge is 2.27. The van der Waals surface area contributed by atoms with Crippen molar-refractivity contribution in [2.45, 2.75) is 18.6 Å². The number of benzene rings is 1. The van der Waals surface area contributed by atoms with Gasteiger partial charge < -0.3 is 15.2 Å². The Balaban J connectivity index is 1.94. The number of hydrogen-bond donors (Lipinski definition) is 1. The van der Waals surface area contributed by atoms with E-state index in [9.17, 15) is 0 Å². The van der Waals surface area contributed by atoms with Gasteiger partial charge in [-0.2, -0.15) is 0 Å². The van der Waals surface area contributed by atoms with E-state index in [0.29, 0.717) is 0 Å². The fourth-order valence-corrected chi connectivity index (χ4v) is 2.38. The van der Waals surface area contributed by atoms with Crippen molar-refractivity contribution in [3.63, 3.8) is 0 Å². The molecule has 0 aliphatic carbocycles. The smallest absolute Gasteiger partial charge is 0.128 e. The largest absolute Gasteiger partial charge is 0.497 e. The maximum Gasteiger partial charge on any atom is 0.128 e.